The molecule has 3 aliphatic rings. The molecule has 5 heteroatoms. The quantitative estimate of drug-likeness (QED) is 0.822. The van der Waals surface area contributed by atoms with Crippen LogP contribution in [-0.4, -0.2) is 62.9 Å². The lowest BCUT2D eigenvalue weighted by atomic mass is 10.0. The highest BCUT2D eigenvalue weighted by Crippen LogP contribution is 2.31. The molecule has 0 bridgehead atoms. The van der Waals surface area contributed by atoms with Gasteiger partial charge in [-0.25, -0.2) is 0 Å². The van der Waals surface area contributed by atoms with E-state index in [1.165, 1.54) is 30.5 Å². The predicted molar refractivity (Wildman–Crippen MR) is 120 cm³/mol. The molecule has 2 aromatic carbocycles. The number of methoxy groups -OCH3 is 1. The molecule has 5 rings (SSSR count). The minimum absolute atomic E-state index is 0.215. The van der Waals surface area contributed by atoms with Gasteiger partial charge in [-0.3, -0.25) is 4.90 Å². The lowest BCUT2D eigenvalue weighted by molar-refractivity contribution is -0.0502. The van der Waals surface area contributed by atoms with Gasteiger partial charge in [-0.15, -0.1) is 0 Å². The molecule has 3 heterocycles. The number of ether oxygens (including phenoxy) is 2. The van der Waals surface area contributed by atoms with E-state index >= 15 is 0 Å². The van der Waals surface area contributed by atoms with E-state index in [4.69, 9.17) is 9.47 Å². The van der Waals surface area contributed by atoms with Crippen molar-refractivity contribution >= 4 is 5.69 Å². The second kappa shape index (κ2) is 8.96. The van der Waals surface area contributed by atoms with Gasteiger partial charge in [0.05, 0.1) is 19.8 Å². The van der Waals surface area contributed by atoms with Crippen molar-refractivity contribution < 1.29 is 9.47 Å². The Balaban J connectivity index is 1.11. The van der Waals surface area contributed by atoms with E-state index in [0.29, 0.717) is 18.1 Å². The Labute approximate surface area is 180 Å². The van der Waals surface area contributed by atoms with E-state index in [1.807, 2.05) is 6.07 Å². The maximum Gasteiger partial charge on any atom is 0.120 e. The monoisotopic (exact) mass is 407 g/mol. The van der Waals surface area contributed by atoms with E-state index < -0.39 is 0 Å². The first-order chi connectivity index (χ1) is 14.8. The predicted octanol–water partition coefficient (Wildman–Crippen LogP) is 3.47. The fourth-order valence-corrected chi connectivity index (χ4v) is 5.31. The normalized spacial score (nSPS) is 27.8. The van der Waals surface area contributed by atoms with Crippen molar-refractivity contribution in [1.82, 2.24) is 10.2 Å². The third-order valence-electron chi connectivity index (χ3n) is 6.97. The number of morpholine rings is 1. The van der Waals surface area contributed by atoms with Crippen LogP contribution in [-0.2, 0) is 4.74 Å². The molecule has 30 heavy (non-hydrogen) atoms. The summed E-state index contributed by atoms with van der Waals surface area (Å²) in [6.07, 6.45) is 3.81. The number of hydrogen-bond acceptors (Lipinski definition) is 5. The van der Waals surface area contributed by atoms with Crippen LogP contribution < -0.4 is 15.0 Å². The van der Waals surface area contributed by atoms with Crippen LogP contribution in [0.1, 0.15) is 30.9 Å². The maximum absolute atomic E-state index is 6.21. The van der Waals surface area contributed by atoms with Crippen LogP contribution in [0.3, 0.4) is 0 Å². The molecule has 0 aliphatic carbocycles. The third-order valence-corrected chi connectivity index (χ3v) is 6.97. The lowest BCUT2D eigenvalue weighted by Crippen LogP contribution is -2.47. The van der Waals surface area contributed by atoms with Gasteiger partial charge in [0.1, 0.15) is 5.75 Å². The minimum atomic E-state index is 0.215. The third kappa shape index (κ3) is 4.34. The summed E-state index contributed by atoms with van der Waals surface area (Å²) in [6, 6.07) is 20.9. The van der Waals surface area contributed by atoms with Gasteiger partial charge in [0, 0.05) is 56.1 Å². The Morgan fingerprint density at radius 3 is 2.60 bits per heavy atom. The van der Waals surface area contributed by atoms with Gasteiger partial charge in [-0.2, -0.15) is 0 Å². The molecule has 5 nitrogen and oxygen atoms in total. The van der Waals surface area contributed by atoms with Crippen LogP contribution in [0.25, 0.3) is 0 Å². The van der Waals surface area contributed by atoms with Gasteiger partial charge < -0.3 is 19.7 Å². The Bertz CT molecular complexity index is 822. The van der Waals surface area contributed by atoms with E-state index in [-0.39, 0.29) is 6.10 Å². The number of benzene rings is 2. The van der Waals surface area contributed by atoms with Crippen LogP contribution in [0.2, 0.25) is 0 Å². The highest BCUT2D eigenvalue weighted by atomic mass is 16.5. The van der Waals surface area contributed by atoms with Crippen LogP contribution in [0.4, 0.5) is 5.69 Å². The molecule has 0 aromatic heterocycles. The van der Waals surface area contributed by atoms with Crippen molar-refractivity contribution in [2.45, 2.75) is 43.5 Å². The molecular formula is C25H33N3O2. The molecular weight excluding hydrogens is 374 g/mol. The Morgan fingerprint density at radius 2 is 1.80 bits per heavy atom. The number of piperidine rings is 1. The Morgan fingerprint density at radius 1 is 0.967 bits per heavy atom. The van der Waals surface area contributed by atoms with Crippen molar-refractivity contribution in [3.8, 4) is 5.75 Å². The SMILES string of the molecule is COc1cccc(N2CCC(N[C@@H]3C[C@H]4CO[C@@H](c5ccccc5)CN4C3)CC2)c1. The summed E-state index contributed by atoms with van der Waals surface area (Å²) >= 11 is 0. The molecule has 0 unspecified atom stereocenters. The second-order valence-corrected chi connectivity index (χ2v) is 8.90. The second-order valence-electron chi connectivity index (χ2n) is 8.90. The Kier molecular flexibility index (Phi) is 5.93. The van der Waals surface area contributed by atoms with Crippen molar-refractivity contribution in [2.24, 2.45) is 0 Å². The van der Waals surface area contributed by atoms with E-state index in [2.05, 4.69) is 63.6 Å². The summed E-state index contributed by atoms with van der Waals surface area (Å²) in [5, 5.41) is 3.97. The van der Waals surface area contributed by atoms with Crippen LogP contribution in [0.5, 0.6) is 5.75 Å². The molecule has 2 aromatic rings. The molecule has 0 amide bonds. The first-order valence-electron chi connectivity index (χ1n) is 11.3. The highest BCUT2D eigenvalue weighted by Gasteiger charge is 2.38. The van der Waals surface area contributed by atoms with Crippen LogP contribution in [0, 0.1) is 0 Å². The van der Waals surface area contributed by atoms with Gasteiger partial charge in [0.2, 0.25) is 0 Å². The van der Waals surface area contributed by atoms with Gasteiger partial charge in [-0.05, 0) is 37.0 Å². The number of nitrogens with one attached hydrogen (secondary N) is 1. The average molecular weight is 408 g/mol. The number of hydrogen-bond donors (Lipinski definition) is 1. The fourth-order valence-electron chi connectivity index (χ4n) is 5.31. The number of nitrogens with zero attached hydrogens (tertiary/aromatic N) is 2. The summed E-state index contributed by atoms with van der Waals surface area (Å²) in [7, 11) is 1.73. The first kappa shape index (κ1) is 19.9. The molecule has 3 aliphatic heterocycles. The average Bonchev–Trinajstić information content (AvgIpc) is 3.21. The first-order valence-corrected chi connectivity index (χ1v) is 11.3. The van der Waals surface area contributed by atoms with Crippen molar-refractivity contribution in [3.05, 3.63) is 60.2 Å². The molecule has 3 fully saturated rings. The highest BCUT2D eigenvalue weighted by molar-refractivity contribution is 5.51. The summed E-state index contributed by atoms with van der Waals surface area (Å²) in [5.41, 5.74) is 2.58. The molecule has 0 radical (unpaired) electrons. The molecule has 160 valence electrons. The maximum atomic E-state index is 6.21. The summed E-state index contributed by atoms with van der Waals surface area (Å²) in [5.74, 6) is 0.936. The minimum Gasteiger partial charge on any atom is -0.497 e. The van der Waals surface area contributed by atoms with Crippen molar-refractivity contribution in [2.75, 3.05) is 44.8 Å². The zero-order valence-corrected chi connectivity index (χ0v) is 17.9. The van der Waals surface area contributed by atoms with E-state index in [0.717, 1.165) is 38.5 Å². The number of fused-ring (bicyclic) bond motifs is 1. The largest absolute Gasteiger partial charge is 0.497 e. The molecule has 0 spiro atoms. The number of rotatable bonds is 5. The summed E-state index contributed by atoms with van der Waals surface area (Å²) in [6.45, 7) is 5.22. The molecule has 1 N–H and O–H groups in total. The molecule has 3 saturated heterocycles. The number of anilines is 1. The van der Waals surface area contributed by atoms with Gasteiger partial charge >= 0.3 is 0 Å². The van der Waals surface area contributed by atoms with Crippen LogP contribution >= 0.6 is 0 Å². The van der Waals surface area contributed by atoms with Gasteiger partial charge in [0.15, 0.2) is 0 Å². The van der Waals surface area contributed by atoms with E-state index in [9.17, 15) is 0 Å². The smallest absolute Gasteiger partial charge is 0.120 e. The fraction of sp³-hybridized carbons (Fsp3) is 0.520. The Hall–Kier alpha value is -2.08. The van der Waals surface area contributed by atoms with Gasteiger partial charge in [-0.1, -0.05) is 36.4 Å². The summed E-state index contributed by atoms with van der Waals surface area (Å²) in [4.78, 5) is 5.13. The van der Waals surface area contributed by atoms with Crippen LogP contribution in [0.15, 0.2) is 54.6 Å². The van der Waals surface area contributed by atoms with Crippen molar-refractivity contribution in [1.29, 1.82) is 0 Å². The molecule has 3 atom stereocenters. The standard InChI is InChI=1S/C25H33N3O2/c1-29-24-9-5-8-22(15-24)27-12-10-20(11-13-27)26-21-14-23-18-30-25(17-28(23)16-21)19-6-3-2-4-7-19/h2-9,15,20-21,23,25-26H,10-14,16-18H2,1H3/t21-,23+,25-/m1/s1. The lowest BCUT2D eigenvalue weighted by Gasteiger charge is -2.35. The molecule has 0 saturated carbocycles. The zero-order valence-electron chi connectivity index (χ0n) is 17.9. The van der Waals surface area contributed by atoms with Crippen molar-refractivity contribution in [3.63, 3.8) is 0 Å². The van der Waals surface area contributed by atoms with Gasteiger partial charge in [0.25, 0.3) is 0 Å². The zero-order chi connectivity index (χ0) is 20.3. The van der Waals surface area contributed by atoms with E-state index in [1.54, 1.807) is 7.11 Å². The topological polar surface area (TPSA) is 37.0 Å². The summed E-state index contributed by atoms with van der Waals surface area (Å²) < 4.78 is 11.6.